The molecular formula is C44H48FN7O4S. The van der Waals surface area contributed by atoms with Gasteiger partial charge in [0.05, 0.1) is 22.8 Å². The van der Waals surface area contributed by atoms with Gasteiger partial charge in [-0.15, -0.1) is 11.3 Å². The lowest BCUT2D eigenvalue weighted by Gasteiger charge is -2.39. The zero-order valence-electron chi connectivity index (χ0n) is 32.0. The number of aliphatic hydroxyl groups is 1. The second-order valence-corrected chi connectivity index (χ2v) is 17.2. The predicted molar refractivity (Wildman–Crippen MR) is 222 cm³/mol. The molecule has 1 aliphatic carbocycles. The van der Waals surface area contributed by atoms with E-state index in [4.69, 9.17) is 4.98 Å². The SMILES string of the molecule is C[C@@H]1CNc2c(sc3ccc4nc(-c5ccc(C(=O)NC6CCC(CN7CCN(c8ccc(C9CCC(O)NC9=O)cc8)CC7)CC6)cc5F)ccc4c23)C(=O)N1. The van der Waals surface area contributed by atoms with Gasteiger partial charge in [0, 0.05) is 83.6 Å². The number of hydrogen-bond donors (Lipinski definition) is 5. The third-order valence-corrected chi connectivity index (χ3v) is 13.4. The lowest BCUT2D eigenvalue weighted by molar-refractivity contribution is -0.128. The molecule has 2 aromatic heterocycles. The molecule has 2 saturated heterocycles. The van der Waals surface area contributed by atoms with Gasteiger partial charge in [-0.2, -0.15) is 0 Å². The summed E-state index contributed by atoms with van der Waals surface area (Å²) in [4.78, 5) is 48.9. The number of carbonyl (C=O) groups is 3. The molecular weight excluding hydrogens is 742 g/mol. The van der Waals surface area contributed by atoms with Crippen molar-refractivity contribution in [2.24, 2.45) is 5.92 Å². The number of amides is 3. The summed E-state index contributed by atoms with van der Waals surface area (Å²) in [5, 5.41) is 23.8. The summed E-state index contributed by atoms with van der Waals surface area (Å²) < 4.78 is 16.6. The Balaban J connectivity index is 0.762. The lowest BCUT2D eigenvalue weighted by Crippen LogP contribution is -2.48. The molecule has 13 heteroatoms. The topological polar surface area (TPSA) is 139 Å². The number of hydrogen-bond acceptors (Lipinski definition) is 9. The Bertz CT molecular complexity index is 2340. The average molecular weight is 790 g/mol. The van der Waals surface area contributed by atoms with Crippen LogP contribution in [0.1, 0.15) is 77.0 Å². The number of piperidine rings is 1. The minimum absolute atomic E-state index is 0.00931. The lowest BCUT2D eigenvalue weighted by atomic mass is 9.85. The Morgan fingerprint density at radius 3 is 2.47 bits per heavy atom. The van der Waals surface area contributed by atoms with Crippen molar-refractivity contribution in [1.82, 2.24) is 25.8 Å². The Kier molecular flexibility index (Phi) is 10.3. The van der Waals surface area contributed by atoms with E-state index in [9.17, 15) is 19.5 Å². The number of anilines is 2. The molecule has 5 aromatic rings. The molecule has 4 aliphatic rings. The standard InChI is InChI=1S/C44H48FN7O4S/c1-25-23-46-40-39-33-12-14-35(49-36(33)15-16-37(39)57-41(40)44(56)47-25)32-11-6-28(22-34(32)45)42(54)48-29-7-2-26(3-8-29)24-51-18-20-52(21-19-51)30-9-4-27(5-10-30)31-13-17-38(53)50-43(31)55/h4-6,9-12,14-16,22,25-26,29,31,38,46,53H,2-3,7-8,13,17-21,23-24H2,1H3,(H,47,56)(H,48,54)(H,50,55)/t25-,26?,29?,31?,38?/m1/s1. The normalized spacial score (nSPS) is 24.3. The van der Waals surface area contributed by atoms with Crippen LogP contribution in [0.2, 0.25) is 0 Å². The Hall–Kier alpha value is -5.11. The van der Waals surface area contributed by atoms with Crippen LogP contribution in [-0.2, 0) is 4.79 Å². The molecule has 1 saturated carbocycles. The molecule has 9 rings (SSSR count). The molecule has 5 N–H and O–H groups in total. The van der Waals surface area contributed by atoms with Gasteiger partial charge in [0.2, 0.25) is 5.91 Å². The largest absolute Gasteiger partial charge is 0.381 e. The maximum atomic E-state index is 15.6. The number of aromatic nitrogens is 1. The first-order valence-electron chi connectivity index (χ1n) is 20.2. The van der Waals surface area contributed by atoms with Gasteiger partial charge in [0.15, 0.2) is 0 Å². The number of aliphatic hydroxyl groups excluding tert-OH is 1. The number of thiophene rings is 1. The monoisotopic (exact) mass is 789 g/mol. The molecule has 2 unspecified atom stereocenters. The molecule has 0 bridgehead atoms. The van der Waals surface area contributed by atoms with Crippen molar-refractivity contribution in [3.05, 3.63) is 88.6 Å². The number of fused-ring (bicyclic) bond motifs is 5. The van der Waals surface area contributed by atoms with E-state index in [1.165, 1.54) is 23.1 Å². The molecule has 57 heavy (non-hydrogen) atoms. The number of nitrogens with zero attached hydrogens (tertiary/aromatic N) is 3. The summed E-state index contributed by atoms with van der Waals surface area (Å²) >= 11 is 1.45. The molecule has 0 spiro atoms. The number of nitrogens with one attached hydrogen (secondary N) is 4. The van der Waals surface area contributed by atoms with Crippen molar-refractivity contribution in [2.45, 2.75) is 69.7 Å². The van der Waals surface area contributed by atoms with Crippen molar-refractivity contribution < 1.29 is 23.9 Å². The quantitative estimate of drug-likeness (QED) is 0.131. The predicted octanol–water partition coefficient (Wildman–Crippen LogP) is 6.22. The van der Waals surface area contributed by atoms with E-state index in [1.54, 1.807) is 18.2 Å². The molecule has 5 heterocycles. The first-order valence-corrected chi connectivity index (χ1v) is 21.1. The number of rotatable bonds is 7. The minimum atomic E-state index is -0.739. The molecule has 3 fully saturated rings. The van der Waals surface area contributed by atoms with Gasteiger partial charge in [-0.25, -0.2) is 9.37 Å². The second kappa shape index (κ2) is 15.7. The molecule has 3 amide bonds. The first-order chi connectivity index (χ1) is 27.7. The second-order valence-electron chi connectivity index (χ2n) is 16.2. The van der Waals surface area contributed by atoms with E-state index >= 15 is 4.39 Å². The Morgan fingerprint density at radius 2 is 1.72 bits per heavy atom. The highest BCUT2D eigenvalue weighted by molar-refractivity contribution is 7.21. The third-order valence-electron chi connectivity index (χ3n) is 12.3. The number of carbonyl (C=O) groups excluding carboxylic acids is 3. The average Bonchev–Trinajstić information content (AvgIpc) is 3.54. The van der Waals surface area contributed by atoms with Gasteiger partial charge in [0.25, 0.3) is 11.8 Å². The number of halogens is 1. The van der Waals surface area contributed by atoms with Crippen LogP contribution in [0.25, 0.3) is 32.2 Å². The molecule has 3 aromatic carbocycles. The molecule has 3 atom stereocenters. The fourth-order valence-corrected chi connectivity index (χ4v) is 10.2. The Morgan fingerprint density at radius 1 is 0.930 bits per heavy atom. The van der Waals surface area contributed by atoms with E-state index in [0.717, 1.165) is 85.1 Å². The van der Waals surface area contributed by atoms with Crippen molar-refractivity contribution in [2.75, 3.05) is 49.5 Å². The van der Waals surface area contributed by atoms with E-state index in [1.807, 2.05) is 37.3 Å². The summed E-state index contributed by atoms with van der Waals surface area (Å²) in [5.74, 6) is -0.566. The van der Waals surface area contributed by atoms with Crippen LogP contribution < -0.4 is 26.2 Å². The number of benzene rings is 3. The van der Waals surface area contributed by atoms with Crippen molar-refractivity contribution in [3.8, 4) is 11.3 Å². The highest BCUT2D eigenvalue weighted by atomic mass is 32.1. The van der Waals surface area contributed by atoms with Crippen LogP contribution in [0.15, 0.2) is 66.7 Å². The van der Waals surface area contributed by atoms with Crippen LogP contribution in [0.3, 0.4) is 0 Å². The van der Waals surface area contributed by atoms with E-state index in [-0.39, 0.29) is 35.7 Å². The van der Waals surface area contributed by atoms with Crippen LogP contribution in [0.4, 0.5) is 15.8 Å². The van der Waals surface area contributed by atoms with Crippen LogP contribution in [0.5, 0.6) is 0 Å². The van der Waals surface area contributed by atoms with Gasteiger partial charge in [-0.05, 0) is 112 Å². The number of pyridine rings is 1. The highest BCUT2D eigenvalue weighted by Crippen LogP contribution is 2.41. The van der Waals surface area contributed by atoms with Crippen LogP contribution in [-0.4, -0.2) is 90.3 Å². The van der Waals surface area contributed by atoms with Gasteiger partial charge >= 0.3 is 0 Å². The van der Waals surface area contributed by atoms with Crippen molar-refractivity contribution in [3.63, 3.8) is 0 Å². The van der Waals surface area contributed by atoms with Gasteiger partial charge in [0.1, 0.15) is 16.9 Å². The van der Waals surface area contributed by atoms with E-state index in [2.05, 4.69) is 43.2 Å². The summed E-state index contributed by atoms with van der Waals surface area (Å²) in [7, 11) is 0. The Labute approximate surface area is 335 Å². The van der Waals surface area contributed by atoms with Crippen LogP contribution >= 0.6 is 11.3 Å². The third kappa shape index (κ3) is 7.68. The molecule has 3 aliphatic heterocycles. The zero-order valence-corrected chi connectivity index (χ0v) is 32.8. The summed E-state index contributed by atoms with van der Waals surface area (Å²) in [6, 6.07) is 20.6. The molecule has 0 radical (unpaired) electrons. The van der Waals surface area contributed by atoms with Crippen LogP contribution in [0, 0.1) is 11.7 Å². The zero-order chi connectivity index (χ0) is 39.2. The summed E-state index contributed by atoms with van der Waals surface area (Å²) in [6.07, 6.45) is 4.39. The first kappa shape index (κ1) is 37.5. The summed E-state index contributed by atoms with van der Waals surface area (Å²) in [6.45, 7) is 7.53. The fourth-order valence-electron chi connectivity index (χ4n) is 9.08. The highest BCUT2D eigenvalue weighted by Gasteiger charge is 2.30. The van der Waals surface area contributed by atoms with E-state index < -0.39 is 12.0 Å². The summed E-state index contributed by atoms with van der Waals surface area (Å²) in [5.41, 5.74) is 4.80. The number of piperazine rings is 1. The fraction of sp³-hybridized carbons (Fsp3) is 0.409. The smallest absolute Gasteiger partial charge is 0.263 e. The van der Waals surface area contributed by atoms with Crippen molar-refractivity contribution >= 4 is 61.4 Å². The van der Waals surface area contributed by atoms with Gasteiger partial charge < -0.3 is 31.3 Å². The van der Waals surface area contributed by atoms with Gasteiger partial charge in [-0.3, -0.25) is 19.3 Å². The van der Waals surface area contributed by atoms with E-state index in [0.29, 0.717) is 52.5 Å². The molecule has 296 valence electrons. The maximum Gasteiger partial charge on any atom is 0.263 e. The molecule has 11 nitrogen and oxygen atoms in total. The van der Waals surface area contributed by atoms with Crippen molar-refractivity contribution in [1.29, 1.82) is 0 Å². The minimum Gasteiger partial charge on any atom is -0.381 e. The van der Waals surface area contributed by atoms with Gasteiger partial charge in [-0.1, -0.05) is 12.1 Å². The maximum absolute atomic E-state index is 15.6.